The third kappa shape index (κ3) is 1.71. The minimum atomic E-state index is -4.48. The first-order chi connectivity index (χ1) is 7.38. The molecule has 1 aromatic heterocycles. The third-order valence-corrected chi connectivity index (χ3v) is 2.12. The van der Waals surface area contributed by atoms with Crippen molar-refractivity contribution in [3.63, 3.8) is 0 Å². The van der Waals surface area contributed by atoms with E-state index >= 15 is 0 Å². The van der Waals surface area contributed by atoms with Crippen molar-refractivity contribution in [1.29, 1.82) is 0 Å². The lowest BCUT2D eigenvalue weighted by atomic mass is 10.2. The van der Waals surface area contributed by atoms with Gasteiger partial charge in [-0.25, -0.2) is 0 Å². The van der Waals surface area contributed by atoms with Crippen LogP contribution in [-0.2, 0) is 6.18 Å². The smallest absolute Gasteiger partial charge is 0.351 e. The number of H-pyrrole nitrogens is 1. The number of aromatic nitrogens is 1. The zero-order chi connectivity index (χ0) is 11.9. The van der Waals surface area contributed by atoms with Crippen molar-refractivity contribution in [2.24, 2.45) is 0 Å². The molecule has 0 aliphatic rings. The highest BCUT2D eigenvalue weighted by atomic mass is 19.4. The Morgan fingerprint density at radius 2 is 1.94 bits per heavy atom. The van der Waals surface area contributed by atoms with Gasteiger partial charge in [-0.05, 0) is 12.1 Å². The minimum absolute atomic E-state index is 0.0986. The summed E-state index contributed by atoms with van der Waals surface area (Å²) in [6, 6.07) is 4.43. The number of benzene rings is 1. The van der Waals surface area contributed by atoms with Gasteiger partial charge in [0.15, 0.2) is 0 Å². The van der Waals surface area contributed by atoms with E-state index in [2.05, 4.69) is 4.98 Å². The number of nitro benzene ring substituents is 1. The molecule has 4 nitrogen and oxygen atoms in total. The molecule has 0 atom stereocenters. The molecule has 0 radical (unpaired) electrons. The second kappa shape index (κ2) is 3.22. The zero-order valence-electron chi connectivity index (χ0n) is 7.71. The van der Waals surface area contributed by atoms with Crippen LogP contribution in [0.1, 0.15) is 5.69 Å². The molecule has 1 N–H and O–H groups in total. The van der Waals surface area contributed by atoms with Gasteiger partial charge in [0, 0.05) is 17.5 Å². The fourth-order valence-corrected chi connectivity index (χ4v) is 1.38. The molecule has 7 heteroatoms. The Labute approximate surface area is 86.8 Å². The molecule has 0 unspecified atom stereocenters. The maximum atomic E-state index is 12.3. The van der Waals surface area contributed by atoms with E-state index in [1.165, 1.54) is 6.07 Å². The van der Waals surface area contributed by atoms with Crippen molar-refractivity contribution in [2.75, 3.05) is 0 Å². The van der Waals surface area contributed by atoms with Gasteiger partial charge in [-0.15, -0.1) is 0 Å². The van der Waals surface area contributed by atoms with E-state index in [0.717, 1.165) is 18.2 Å². The Kier molecular flexibility index (Phi) is 2.11. The standard InChI is InChI=1S/C9H5F3N2O2/c10-9(11,12)8-3-5-1-2-6(14(15)16)4-7(5)13-8/h1-4,13H. The van der Waals surface area contributed by atoms with E-state index in [4.69, 9.17) is 0 Å². The largest absolute Gasteiger partial charge is 0.431 e. The van der Waals surface area contributed by atoms with Crippen LogP contribution in [0.5, 0.6) is 0 Å². The summed E-state index contributed by atoms with van der Waals surface area (Å²) in [6.45, 7) is 0. The number of nitro groups is 1. The molecule has 16 heavy (non-hydrogen) atoms. The Balaban J connectivity index is 2.59. The lowest BCUT2D eigenvalue weighted by molar-refractivity contribution is -0.384. The average Bonchev–Trinajstić information content (AvgIpc) is 2.58. The Morgan fingerprint density at radius 3 is 2.50 bits per heavy atom. The van der Waals surface area contributed by atoms with Gasteiger partial charge >= 0.3 is 6.18 Å². The second-order valence-corrected chi connectivity index (χ2v) is 3.21. The van der Waals surface area contributed by atoms with Gasteiger partial charge in [-0.2, -0.15) is 13.2 Å². The van der Waals surface area contributed by atoms with Crippen LogP contribution >= 0.6 is 0 Å². The van der Waals surface area contributed by atoms with Crippen LogP contribution in [0.4, 0.5) is 18.9 Å². The van der Waals surface area contributed by atoms with Crippen LogP contribution in [0.25, 0.3) is 10.9 Å². The summed E-state index contributed by atoms with van der Waals surface area (Å²) in [4.78, 5) is 11.9. The number of hydrogen-bond donors (Lipinski definition) is 1. The van der Waals surface area contributed by atoms with Crippen LogP contribution in [0.2, 0.25) is 0 Å². The fourth-order valence-electron chi connectivity index (χ4n) is 1.38. The molecule has 0 saturated heterocycles. The van der Waals surface area contributed by atoms with Gasteiger partial charge in [0.25, 0.3) is 5.69 Å². The minimum Gasteiger partial charge on any atom is -0.351 e. The number of rotatable bonds is 1. The number of nitrogens with zero attached hydrogens (tertiary/aromatic N) is 1. The van der Waals surface area contributed by atoms with Gasteiger partial charge in [0.05, 0.1) is 10.4 Å². The summed E-state index contributed by atoms with van der Waals surface area (Å²) in [5.74, 6) is 0. The molecular weight excluding hydrogens is 225 g/mol. The molecule has 0 fully saturated rings. The van der Waals surface area contributed by atoms with Crippen molar-refractivity contribution < 1.29 is 18.1 Å². The van der Waals surface area contributed by atoms with Crippen molar-refractivity contribution in [1.82, 2.24) is 4.98 Å². The van der Waals surface area contributed by atoms with Crippen LogP contribution in [0, 0.1) is 10.1 Å². The van der Waals surface area contributed by atoms with Crippen LogP contribution in [0.3, 0.4) is 0 Å². The number of non-ortho nitro benzene ring substituents is 1. The summed E-state index contributed by atoms with van der Waals surface area (Å²) in [5.41, 5.74) is -1.06. The molecule has 2 aromatic rings. The number of nitrogens with one attached hydrogen (secondary N) is 1. The average molecular weight is 230 g/mol. The normalized spacial score (nSPS) is 11.9. The highest BCUT2D eigenvalue weighted by Crippen LogP contribution is 2.32. The maximum absolute atomic E-state index is 12.3. The number of halogens is 3. The molecule has 1 aromatic carbocycles. The van der Waals surface area contributed by atoms with Gasteiger partial charge in [0.2, 0.25) is 0 Å². The molecule has 0 aliphatic heterocycles. The topological polar surface area (TPSA) is 58.9 Å². The molecule has 0 amide bonds. The van der Waals surface area contributed by atoms with E-state index in [9.17, 15) is 23.3 Å². The van der Waals surface area contributed by atoms with E-state index in [0.29, 0.717) is 0 Å². The molecule has 2 rings (SSSR count). The van der Waals surface area contributed by atoms with E-state index in [1.807, 2.05) is 0 Å². The molecule has 0 bridgehead atoms. The maximum Gasteiger partial charge on any atom is 0.431 e. The first-order valence-electron chi connectivity index (χ1n) is 4.22. The third-order valence-electron chi connectivity index (χ3n) is 2.12. The van der Waals surface area contributed by atoms with Gasteiger partial charge in [-0.1, -0.05) is 0 Å². The number of aromatic amines is 1. The number of fused-ring (bicyclic) bond motifs is 1. The summed E-state index contributed by atoms with van der Waals surface area (Å²) in [7, 11) is 0. The van der Waals surface area contributed by atoms with E-state index < -0.39 is 16.8 Å². The first-order valence-corrected chi connectivity index (χ1v) is 4.22. The predicted octanol–water partition coefficient (Wildman–Crippen LogP) is 3.09. The Bertz CT molecular complexity index is 559. The quantitative estimate of drug-likeness (QED) is 0.604. The van der Waals surface area contributed by atoms with Crippen molar-refractivity contribution in [3.8, 4) is 0 Å². The van der Waals surface area contributed by atoms with E-state index in [1.54, 1.807) is 0 Å². The van der Waals surface area contributed by atoms with Crippen LogP contribution < -0.4 is 0 Å². The van der Waals surface area contributed by atoms with Crippen LogP contribution in [-0.4, -0.2) is 9.91 Å². The summed E-state index contributed by atoms with van der Waals surface area (Å²) in [5, 5.41) is 10.7. The highest BCUT2D eigenvalue weighted by Gasteiger charge is 2.32. The van der Waals surface area contributed by atoms with E-state index in [-0.39, 0.29) is 16.6 Å². The summed E-state index contributed by atoms with van der Waals surface area (Å²) < 4.78 is 37.0. The molecule has 84 valence electrons. The molecule has 0 aliphatic carbocycles. The van der Waals surface area contributed by atoms with Crippen LogP contribution in [0.15, 0.2) is 24.3 Å². The van der Waals surface area contributed by atoms with Gasteiger partial charge in [-0.3, -0.25) is 10.1 Å². The lowest BCUT2D eigenvalue weighted by Gasteiger charge is -2.00. The first kappa shape index (κ1) is 10.5. The second-order valence-electron chi connectivity index (χ2n) is 3.21. The summed E-state index contributed by atoms with van der Waals surface area (Å²) >= 11 is 0. The van der Waals surface area contributed by atoms with Crippen molar-refractivity contribution in [2.45, 2.75) is 6.18 Å². The zero-order valence-corrected chi connectivity index (χ0v) is 7.71. The monoisotopic (exact) mass is 230 g/mol. The highest BCUT2D eigenvalue weighted by molar-refractivity contribution is 5.82. The van der Waals surface area contributed by atoms with Crippen molar-refractivity contribution >= 4 is 16.6 Å². The number of alkyl halides is 3. The lowest BCUT2D eigenvalue weighted by Crippen LogP contribution is -2.04. The molecular formula is C9H5F3N2O2. The Morgan fingerprint density at radius 1 is 1.25 bits per heavy atom. The molecule has 1 heterocycles. The fraction of sp³-hybridized carbons (Fsp3) is 0.111. The molecule has 0 spiro atoms. The summed E-state index contributed by atoms with van der Waals surface area (Å²) in [6.07, 6.45) is -4.48. The van der Waals surface area contributed by atoms with Gasteiger partial charge in [0.1, 0.15) is 5.69 Å². The van der Waals surface area contributed by atoms with Crippen molar-refractivity contribution in [3.05, 3.63) is 40.1 Å². The number of hydrogen-bond acceptors (Lipinski definition) is 2. The Hall–Kier alpha value is -2.05. The van der Waals surface area contributed by atoms with Gasteiger partial charge < -0.3 is 4.98 Å². The predicted molar refractivity (Wildman–Crippen MR) is 50.0 cm³/mol. The SMILES string of the molecule is O=[N+]([O-])c1ccc2cc(C(F)(F)F)[nH]c2c1. The molecule has 0 saturated carbocycles.